The number of nitrogens with zero attached hydrogens (tertiary/aromatic N) is 4. The quantitative estimate of drug-likeness (QED) is 0.617. The molecule has 34 heavy (non-hydrogen) atoms. The van der Waals surface area contributed by atoms with E-state index in [4.69, 9.17) is 9.26 Å². The molecule has 0 aliphatic carbocycles. The Morgan fingerprint density at radius 3 is 2.38 bits per heavy atom. The number of benzene rings is 1. The molecule has 1 aromatic carbocycles. The highest BCUT2D eigenvalue weighted by Gasteiger charge is 2.39. The van der Waals surface area contributed by atoms with Gasteiger partial charge < -0.3 is 19.1 Å². The minimum atomic E-state index is -4.39. The molecule has 2 unspecified atom stereocenters. The second-order valence-corrected chi connectivity index (χ2v) is 10.1. The molecule has 2 saturated heterocycles. The Morgan fingerprint density at radius 2 is 1.79 bits per heavy atom. The topological polar surface area (TPSA) is 71.7 Å². The van der Waals surface area contributed by atoms with E-state index in [9.17, 15) is 18.0 Å². The predicted octanol–water partition coefficient (Wildman–Crippen LogP) is 5.02. The van der Waals surface area contributed by atoms with E-state index in [1.165, 1.54) is 12.1 Å². The number of rotatable bonds is 3. The summed E-state index contributed by atoms with van der Waals surface area (Å²) in [7, 11) is 0. The van der Waals surface area contributed by atoms with Crippen molar-refractivity contribution in [1.82, 2.24) is 19.9 Å². The second-order valence-electron chi connectivity index (χ2n) is 10.1. The van der Waals surface area contributed by atoms with Crippen molar-refractivity contribution in [1.29, 1.82) is 0 Å². The first kappa shape index (κ1) is 24.5. The largest absolute Gasteiger partial charge is 0.416 e. The van der Waals surface area contributed by atoms with Gasteiger partial charge in [-0.1, -0.05) is 31.1 Å². The zero-order valence-electron chi connectivity index (χ0n) is 19.9. The van der Waals surface area contributed by atoms with Crippen molar-refractivity contribution in [2.45, 2.75) is 63.6 Å². The molecule has 0 radical (unpaired) electrons. The maximum atomic E-state index is 13.5. The Hall–Kier alpha value is -2.62. The number of aromatic nitrogens is 2. The van der Waals surface area contributed by atoms with E-state index in [0.717, 1.165) is 17.7 Å². The van der Waals surface area contributed by atoms with Crippen LogP contribution in [0, 0.1) is 0 Å². The van der Waals surface area contributed by atoms with Crippen molar-refractivity contribution >= 4 is 6.03 Å². The predicted molar refractivity (Wildman–Crippen MR) is 119 cm³/mol. The lowest BCUT2D eigenvalue weighted by Gasteiger charge is -2.43. The lowest BCUT2D eigenvalue weighted by atomic mass is 9.84. The summed E-state index contributed by atoms with van der Waals surface area (Å²) in [6.07, 6.45) is -3.79. The number of likely N-dealkylation sites (tertiary alicyclic amines) is 1. The van der Waals surface area contributed by atoms with Crippen molar-refractivity contribution in [2.75, 3.05) is 32.8 Å². The van der Waals surface area contributed by atoms with Gasteiger partial charge in [-0.2, -0.15) is 18.2 Å². The molecule has 2 fully saturated rings. The molecule has 2 aliphatic heterocycles. The van der Waals surface area contributed by atoms with Crippen LogP contribution in [-0.2, 0) is 10.9 Å². The first-order valence-electron chi connectivity index (χ1n) is 11.6. The van der Waals surface area contributed by atoms with E-state index in [-0.39, 0.29) is 23.8 Å². The molecule has 2 atom stereocenters. The third-order valence-electron chi connectivity index (χ3n) is 6.45. The third kappa shape index (κ3) is 5.37. The SMILES string of the molecule is CC(C)c1noc(C2CC(c3ccc(C(F)(F)F)cc3)CN(C(=O)N3CCOC(C)(C)C3)C2)n1. The average Bonchev–Trinajstić information content (AvgIpc) is 3.28. The Labute approximate surface area is 197 Å². The number of carbonyl (C=O) groups excluding carboxylic acids is 1. The van der Waals surface area contributed by atoms with Gasteiger partial charge in [0.15, 0.2) is 5.82 Å². The molecule has 4 rings (SSSR count). The van der Waals surface area contributed by atoms with Gasteiger partial charge in [-0.05, 0) is 38.0 Å². The van der Waals surface area contributed by atoms with Crippen LogP contribution in [0.4, 0.5) is 18.0 Å². The van der Waals surface area contributed by atoms with Gasteiger partial charge in [0.1, 0.15) is 0 Å². The molecule has 3 heterocycles. The molecular weight excluding hydrogens is 449 g/mol. The van der Waals surface area contributed by atoms with Crippen LogP contribution in [0.5, 0.6) is 0 Å². The summed E-state index contributed by atoms with van der Waals surface area (Å²) < 4.78 is 50.4. The minimum absolute atomic E-state index is 0.0973. The molecule has 0 bridgehead atoms. The number of piperidine rings is 1. The van der Waals surface area contributed by atoms with E-state index in [1.807, 2.05) is 27.7 Å². The Balaban J connectivity index is 1.60. The van der Waals surface area contributed by atoms with Crippen LogP contribution in [0.25, 0.3) is 0 Å². The fourth-order valence-electron chi connectivity index (χ4n) is 4.65. The van der Waals surface area contributed by atoms with Crippen molar-refractivity contribution < 1.29 is 27.2 Å². The third-order valence-corrected chi connectivity index (χ3v) is 6.45. The lowest BCUT2D eigenvalue weighted by molar-refractivity contribution is -0.137. The molecule has 2 aromatic rings. The van der Waals surface area contributed by atoms with Crippen LogP contribution >= 0.6 is 0 Å². The molecule has 7 nitrogen and oxygen atoms in total. The molecule has 2 amide bonds. The normalized spacial score (nSPS) is 23.4. The van der Waals surface area contributed by atoms with E-state index < -0.39 is 17.3 Å². The lowest BCUT2D eigenvalue weighted by Crippen LogP contribution is -2.56. The molecule has 1 aromatic heterocycles. The van der Waals surface area contributed by atoms with Crippen LogP contribution in [0.3, 0.4) is 0 Å². The Kier molecular flexibility index (Phi) is 6.63. The van der Waals surface area contributed by atoms with Gasteiger partial charge in [0.25, 0.3) is 0 Å². The minimum Gasteiger partial charge on any atom is -0.372 e. The number of hydrogen-bond donors (Lipinski definition) is 0. The van der Waals surface area contributed by atoms with Gasteiger partial charge in [0, 0.05) is 31.5 Å². The van der Waals surface area contributed by atoms with Crippen LogP contribution in [-0.4, -0.2) is 64.4 Å². The van der Waals surface area contributed by atoms with Gasteiger partial charge in [0.05, 0.1) is 30.2 Å². The number of morpholine rings is 1. The Bertz CT molecular complexity index is 1000. The second kappa shape index (κ2) is 9.20. The summed E-state index contributed by atoms with van der Waals surface area (Å²) in [5.74, 6) is 0.785. The van der Waals surface area contributed by atoms with Gasteiger partial charge >= 0.3 is 12.2 Å². The van der Waals surface area contributed by atoms with E-state index >= 15 is 0 Å². The van der Waals surface area contributed by atoms with E-state index in [0.29, 0.717) is 50.9 Å². The first-order chi connectivity index (χ1) is 15.9. The van der Waals surface area contributed by atoms with Gasteiger partial charge in [-0.15, -0.1) is 0 Å². The summed E-state index contributed by atoms with van der Waals surface area (Å²) in [6.45, 7) is 10.1. The van der Waals surface area contributed by atoms with Crippen molar-refractivity contribution in [3.05, 3.63) is 47.1 Å². The smallest absolute Gasteiger partial charge is 0.372 e. The zero-order chi connectivity index (χ0) is 24.7. The van der Waals surface area contributed by atoms with Crippen LogP contribution in [0.1, 0.15) is 74.7 Å². The number of hydrogen-bond acceptors (Lipinski definition) is 5. The maximum Gasteiger partial charge on any atom is 0.416 e. The van der Waals surface area contributed by atoms with Crippen LogP contribution < -0.4 is 0 Å². The monoisotopic (exact) mass is 480 g/mol. The molecule has 0 spiro atoms. The van der Waals surface area contributed by atoms with Gasteiger partial charge in [-0.25, -0.2) is 4.79 Å². The molecule has 0 saturated carbocycles. The number of urea groups is 1. The number of carbonyl (C=O) groups is 1. The zero-order valence-corrected chi connectivity index (χ0v) is 19.9. The standard InChI is InChI=1S/C24H31F3N4O3/c1-15(2)20-28-21(34-29-20)18-11-17(16-5-7-19(8-6-16)24(25,26)27)12-31(13-18)22(32)30-9-10-33-23(3,4)14-30/h5-8,15,17-18H,9-14H2,1-4H3. The number of amides is 2. The first-order valence-corrected chi connectivity index (χ1v) is 11.6. The van der Waals surface area contributed by atoms with Crippen molar-refractivity contribution in [3.63, 3.8) is 0 Å². The molecule has 10 heteroatoms. The van der Waals surface area contributed by atoms with Gasteiger partial charge in [-0.3, -0.25) is 0 Å². The highest BCUT2D eigenvalue weighted by Crippen LogP contribution is 2.37. The summed E-state index contributed by atoms with van der Waals surface area (Å²) >= 11 is 0. The molecular formula is C24H31F3N4O3. The Morgan fingerprint density at radius 1 is 1.12 bits per heavy atom. The summed E-state index contributed by atoms with van der Waals surface area (Å²) in [6, 6.07) is 5.09. The summed E-state index contributed by atoms with van der Waals surface area (Å²) in [5.41, 5.74) is -0.374. The average molecular weight is 481 g/mol. The molecule has 2 aliphatic rings. The fraction of sp³-hybridized carbons (Fsp3) is 0.625. The highest BCUT2D eigenvalue weighted by molar-refractivity contribution is 5.75. The van der Waals surface area contributed by atoms with E-state index in [2.05, 4.69) is 10.1 Å². The van der Waals surface area contributed by atoms with Crippen molar-refractivity contribution in [2.24, 2.45) is 0 Å². The van der Waals surface area contributed by atoms with Crippen molar-refractivity contribution in [3.8, 4) is 0 Å². The highest BCUT2D eigenvalue weighted by atomic mass is 19.4. The number of halogens is 3. The maximum absolute atomic E-state index is 13.5. The summed E-state index contributed by atoms with van der Waals surface area (Å²) in [5, 5.41) is 4.06. The molecule has 0 N–H and O–H groups in total. The van der Waals surface area contributed by atoms with Crippen LogP contribution in [0.2, 0.25) is 0 Å². The van der Waals surface area contributed by atoms with E-state index in [1.54, 1.807) is 9.80 Å². The van der Waals surface area contributed by atoms with Crippen LogP contribution in [0.15, 0.2) is 28.8 Å². The fourth-order valence-corrected chi connectivity index (χ4v) is 4.65. The van der Waals surface area contributed by atoms with Gasteiger partial charge in [0.2, 0.25) is 5.89 Å². The molecule has 186 valence electrons. The number of alkyl halides is 3. The number of ether oxygens (including phenoxy) is 1. The summed E-state index contributed by atoms with van der Waals surface area (Å²) in [4.78, 5) is 21.6.